The first kappa shape index (κ1) is 16.3. The van der Waals surface area contributed by atoms with Crippen molar-refractivity contribution < 1.29 is 14.0 Å². The number of halogens is 1. The Morgan fingerprint density at radius 3 is 2.10 bits per heavy atom. The van der Waals surface area contributed by atoms with Crippen LogP contribution in [-0.2, 0) is 4.74 Å². The maximum absolute atomic E-state index is 12.7. The molecule has 3 nitrogen and oxygen atoms in total. The SMILES string of the molecule is CC1C2C([C@H]1C)[N+]2(CCCCCBr)C(=O)OC(C)(C)C. The number of rotatable bonds is 5. The molecule has 0 aromatic carbocycles. The molecule has 116 valence electrons. The van der Waals surface area contributed by atoms with E-state index in [1.165, 1.54) is 12.8 Å². The number of ether oxygens (including phenoxy) is 1. The van der Waals surface area contributed by atoms with E-state index in [9.17, 15) is 4.79 Å². The van der Waals surface area contributed by atoms with Gasteiger partial charge in [-0.3, -0.25) is 0 Å². The van der Waals surface area contributed by atoms with Crippen molar-refractivity contribution in [2.24, 2.45) is 11.8 Å². The maximum Gasteiger partial charge on any atom is 0.517 e. The molecule has 1 saturated heterocycles. The number of carbonyl (C=O) groups is 1. The van der Waals surface area contributed by atoms with Gasteiger partial charge >= 0.3 is 6.09 Å². The molecule has 4 heteroatoms. The summed E-state index contributed by atoms with van der Waals surface area (Å²) in [6.45, 7) is 11.4. The molecule has 2 aliphatic rings. The van der Waals surface area contributed by atoms with Gasteiger partial charge < -0.3 is 4.74 Å². The van der Waals surface area contributed by atoms with Crippen molar-refractivity contribution >= 4 is 22.0 Å². The van der Waals surface area contributed by atoms with Gasteiger partial charge in [0.15, 0.2) is 12.1 Å². The van der Waals surface area contributed by atoms with Crippen LogP contribution in [0.25, 0.3) is 0 Å². The molecular weight excluding hydrogens is 318 g/mol. The lowest BCUT2D eigenvalue weighted by atomic mass is 9.77. The Kier molecular flexibility index (Phi) is 4.56. The minimum Gasteiger partial charge on any atom is -0.414 e. The zero-order valence-corrected chi connectivity index (χ0v) is 15.1. The van der Waals surface area contributed by atoms with Gasteiger partial charge in [-0.2, -0.15) is 4.79 Å². The second kappa shape index (κ2) is 5.60. The van der Waals surface area contributed by atoms with Gasteiger partial charge in [0, 0.05) is 17.2 Å². The summed E-state index contributed by atoms with van der Waals surface area (Å²) in [6, 6.07) is 1.06. The lowest BCUT2D eigenvalue weighted by molar-refractivity contribution is -0.746. The van der Waals surface area contributed by atoms with Crippen molar-refractivity contribution in [1.29, 1.82) is 0 Å². The Morgan fingerprint density at radius 1 is 1.10 bits per heavy atom. The Hall–Kier alpha value is -0.0900. The lowest BCUT2D eigenvalue weighted by Crippen LogP contribution is -2.41. The van der Waals surface area contributed by atoms with Crippen LogP contribution in [0.4, 0.5) is 4.79 Å². The van der Waals surface area contributed by atoms with Crippen molar-refractivity contribution in [3.05, 3.63) is 0 Å². The first-order valence-corrected chi connectivity index (χ1v) is 9.05. The highest BCUT2D eigenvalue weighted by Crippen LogP contribution is 2.61. The Labute approximate surface area is 131 Å². The van der Waals surface area contributed by atoms with E-state index < -0.39 is 0 Å². The van der Waals surface area contributed by atoms with E-state index in [0.717, 1.165) is 18.3 Å². The van der Waals surface area contributed by atoms with Crippen molar-refractivity contribution in [3.63, 3.8) is 0 Å². The molecule has 5 atom stereocenters. The molecule has 1 aliphatic carbocycles. The van der Waals surface area contributed by atoms with Gasteiger partial charge in [0.1, 0.15) is 5.60 Å². The van der Waals surface area contributed by atoms with Crippen LogP contribution in [-0.4, -0.2) is 40.1 Å². The summed E-state index contributed by atoms with van der Waals surface area (Å²) in [7, 11) is 0. The third kappa shape index (κ3) is 2.66. The van der Waals surface area contributed by atoms with Crippen LogP contribution in [0.2, 0.25) is 0 Å². The topological polar surface area (TPSA) is 26.3 Å². The number of quaternary nitrogens is 1. The highest BCUT2D eigenvalue weighted by molar-refractivity contribution is 9.09. The molecule has 4 unspecified atom stereocenters. The second-order valence-corrected chi connectivity index (χ2v) is 8.38. The average Bonchev–Trinajstić information content (AvgIpc) is 2.98. The number of amides is 1. The van der Waals surface area contributed by atoms with E-state index in [1.54, 1.807) is 0 Å². The number of nitrogens with zero attached hydrogens (tertiary/aromatic N) is 1. The van der Waals surface area contributed by atoms with Crippen LogP contribution in [0.1, 0.15) is 53.9 Å². The summed E-state index contributed by atoms with van der Waals surface area (Å²) in [5, 5.41) is 1.05. The van der Waals surface area contributed by atoms with E-state index in [4.69, 9.17) is 4.74 Å². The summed E-state index contributed by atoms with van der Waals surface area (Å²) < 4.78 is 6.34. The highest BCUT2D eigenvalue weighted by Gasteiger charge is 2.83. The quantitative estimate of drug-likeness (QED) is 0.320. The number of likely N-dealkylation sites (tertiary alicyclic amines) is 1. The molecule has 0 aromatic heterocycles. The lowest BCUT2D eigenvalue weighted by Gasteiger charge is -2.24. The number of fused-ring (bicyclic) bond motifs is 1. The van der Waals surface area contributed by atoms with Crippen LogP contribution in [0.15, 0.2) is 0 Å². The summed E-state index contributed by atoms with van der Waals surface area (Å²) in [4.78, 5) is 12.7. The fourth-order valence-corrected chi connectivity index (χ4v) is 4.40. The molecular formula is C16H29BrNO2+. The van der Waals surface area contributed by atoms with E-state index >= 15 is 0 Å². The van der Waals surface area contributed by atoms with Crippen LogP contribution >= 0.6 is 15.9 Å². The minimum absolute atomic E-state index is 0.0162. The number of unbranched alkanes of at least 4 members (excludes halogenated alkanes) is 2. The summed E-state index contributed by atoms with van der Waals surface area (Å²) >= 11 is 3.47. The van der Waals surface area contributed by atoms with Crippen molar-refractivity contribution in [1.82, 2.24) is 0 Å². The first-order valence-electron chi connectivity index (χ1n) is 7.92. The normalized spacial score (nSPS) is 38.9. The molecule has 1 amide bonds. The molecule has 0 spiro atoms. The zero-order chi connectivity index (χ0) is 15.1. The molecule has 2 fully saturated rings. The van der Waals surface area contributed by atoms with Crippen LogP contribution in [0, 0.1) is 11.8 Å². The second-order valence-electron chi connectivity index (χ2n) is 7.58. The van der Waals surface area contributed by atoms with Gasteiger partial charge in [0.05, 0.1) is 6.54 Å². The third-order valence-corrected chi connectivity index (χ3v) is 5.69. The van der Waals surface area contributed by atoms with Gasteiger partial charge in [0.25, 0.3) is 0 Å². The molecule has 1 saturated carbocycles. The van der Waals surface area contributed by atoms with Crippen LogP contribution in [0.5, 0.6) is 0 Å². The molecule has 0 bridgehead atoms. The number of carbonyl (C=O) groups excluding carboxylic acids is 1. The molecule has 2 rings (SSSR count). The number of hydrogen-bond donors (Lipinski definition) is 0. The molecule has 0 radical (unpaired) electrons. The molecule has 1 aliphatic heterocycles. The van der Waals surface area contributed by atoms with E-state index in [2.05, 4.69) is 29.8 Å². The third-order valence-electron chi connectivity index (χ3n) is 5.13. The predicted octanol–water partition coefficient (Wildman–Crippen LogP) is 4.34. The fourth-order valence-electron chi connectivity index (χ4n) is 4.00. The van der Waals surface area contributed by atoms with Crippen molar-refractivity contribution in [3.8, 4) is 0 Å². The molecule has 0 N–H and O–H groups in total. The van der Waals surface area contributed by atoms with Gasteiger partial charge in [-0.1, -0.05) is 29.8 Å². The van der Waals surface area contributed by atoms with Crippen molar-refractivity contribution in [2.75, 3.05) is 11.9 Å². The van der Waals surface area contributed by atoms with Crippen LogP contribution < -0.4 is 0 Å². The minimum atomic E-state index is -0.382. The standard InChI is InChI=1S/C16H29BrNO2/c1-11-12(2)14-13(11)18(14,10-8-6-7-9-17)15(19)20-16(3,4)5/h11-14H,6-10H2,1-5H3/q+1/t11-,12?,13?,14?,18?/m0/s1. The van der Waals surface area contributed by atoms with Gasteiger partial charge in [-0.15, -0.1) is 0 Å². The smallest absolute Gasteiger partial charge is 0.414 e. The Balaban J connectivity index is 2.02. The first-order chi connectivity index (χ1) is 9.25. The van der Waals surface area contributed by atoms with Crippen LogP contribution in [0.3, 0.4) is 0 Å². The van der Waals surface area contributed by atoms with E-state index in [0.29, 0.717) is 28.4 Å². The molecule has 0 aromatic rings. The zero-order valence-electron chi connectivity index (χ0n) is 13.5. The van der Waals surface area contributed by atoms with Gasteiger partial charge in [-0.25, -0.2) is 4.48 Å². The maximum atomic E-state index is 12.7. The Bertz CT molecular complexity index is 363. The number of hydrogen-bond acceptors (Lipinski definition) is 2. The fraction of sp³-hybridized carbons (Fsp3) is 0.938. The Morgan fingerprint density at radius 2 is 1.65 bits per heavy atom. The number of alkyl halides is 1. The molecule has 1 heterocycles. The van der Waals surface area contributed by atoms with Gasteiger partial charge in [0.2, 0.25) is 0 Å². The summed E-state index contributed by atoms with van der Waals surface area (Å²) in [6.07, 6.45) is 3.52. The van der Waals surface area contributed by atoms with E-state index in [-0.39, 0.29) is 11.7 Å². The van der Waals surface area contributed by atoms with Gasteiger partial charge in [-0.05, 0) is 40.0 Å². The average molecular weight is 347 g/mol. The van der Waals surface area contributed by atoms with E-state index in [1.807, 2.05) is 20.8 Å². The monoisotopic (exact) mass is 346 g/mol. The largest absolute Gasteiger partial charge is 0.517 e. The highest BCUT2D eigenvalue weighted by atomic mass is 79.9. The predicted molar refractivity (Wildman–Crippen MR) is 84.9 cm³/mol. The van der Waals surface area contributed by atoms with Crippen molar-refractivity contribution in [2.45, 2.75) is 71.6 Å². The summed E-state index contributed by atoms with van der Waals surface area (Å²) in [5.41, 5.74) is -0.382. The molecule has 20 heavy (non-hydrogen) atoms. The summed E-state index contributed by atoms with van der Waals surface area (Å²) in [5.74, 6) is 1.31.